The van der Waals surface area contributed by atoms with Gasteiger partial charge in [0.1, 0.15) is 0 Å². The fourth-order valence-electron chi connectivity index (χ4n) is 2.10. The number of hydrogen-bond donors (Lipinski definition) is 1. The number of rotatable bonds is 4. The molecule has 2 aromatic carbocycles. The average Bonchev–Trinajstić information content (AvgIpc) is 2.98. The van der Waals surface area contributed by atoms with Crippen LogP contribution in [0.1, 0.15) is 17.0 Å². The van der Waals surface area contributed by atoms with Crippen molar-refractivity contribution in [2.45, 2.75) is 20.4 Å². The van der Waals surface area contributed by atoms with Gasteiger partial charge in [-0.25, -0.2) is 0 Å². The number of aryl methyl sites for hydroxylation is 2. The molecular formula is C17H16ClN3O. The van der Waals surface area contributed by atoms with Crippen molar-refractivity contribution in [3.63, 3.8) is 0 Å². The van der Waals surface area contributed by atoms with Crippen molar-refractivity contribution in [1.29, 1.82) is 0 Å². The first-order chi connectivity index (χ1) is 10.6. The van der Waals surface area contributed by atoms with Crippen LogP contribution in [0.2, 0.25) is 5.02 Å². The third-order valence-corrected chi connectivity index (χ3v) is 3.85. The SMILES string of the molecule is Cc1ccc(NCc2nnc(-c3ccccc3Cl)o2)cc1C. The Balaban J connectivity index is 1.72. The van der Waals surface area contributed by atoms with Crippen LogP contribution in [-0.2, 0) is 6.54 Å². The highest BCUT2D eigenvalue weighted by atomic mass is 35.5. The number of anilines is 1. The van der Waals surface area contributed by atoms with Gasteiger partial charge in [0.25, 0.3) is 0 Å². The Morgan fingerprint density at radius 1 is 1.05 bits per heavy atom. The average molecular weight is 314 g/mol. The summed E-state index contributed by atoms with van der Waals surface area (Å²) in [5, 5.41) is 12.0. The quantitative estimate of drug-likeness (QED) is 0.763. The molecule has 4 nitrogen and oxygen atoms in total. The molecule has 1 aromatic heterocycles. The summed E-state index contributed by atoms with van der Waals surface area (Å²) >= 11 is 6.13. The minimum absolute atomic E-state index is 0.433. The van der Waals surface area contributed by atoms with Gasteiger partial charge in [-0.15, -0.1) is 10.2 Å². The van der Waals surface area contributed by atoms with E-state index in [9.17, 15) is 0 Å². The van der Waals surface area contributed by atoms with Gasteiger partial charge in [-0.05, 0) is 49.2 Å². The number of benzene rings is 2. The molecule has 1 N–H and O–H groups in total. The molecule has 0 aliphatic heterocycles. The van der Waals surface area contributed by atoms with Crippen molar-refractivity contribution < 1.29 is 4.42 Å². The summed E-state index contributed by atoms with van der Waals surface area (Å²) in [5.74, 6) is 0.954. The molecule has 0 spiro atoms. The molecule has 1 heterocycles. The van der Waals surface area contributed by atoms with Crippen LogP contribution in [0.15, 0.2) is 46.9 Å². The van der Waals surface area contributed by atoms with E-state index in [0.717, 1.165) is 11.3 Å². The van der Waals surface area contributed by atoms with Crippen LogP contribution in [0.4, 0.5) is 5.69 Å². The van der Waals surface area contributed by atoms with E-state index in [2.05, 4.69) is 41.5 Å². The molecule has 0 aliphatic carbocycles. The fourth-order valence-corrected chi connectivity index (χ4v) is 2.31. The second kappa shape index (κ2) is 6.20. The Labute approximate surface area is 134 Å². The number of nitrogens with one attached hydrogen (secondary N) is 1. The van der Waals surface area contributed by atoms with Crippen molar-refractivity contribution in [1.82, 2.24) is 10.2 Å². The van der Waals surface area contributed by atoms with E-state index in [4.69, 9.17) is 16.0 Å². The van der Waals surface area contributed by atoms with Gasteiger partial charge in [0, 0.05) is 5.69 Å². The van der Waals surface area contributed by atoms with Crippen LogP contribution >= 0.6 is 11.6 Å². The van der Waals surface area contributed by atoms with Crippen LogP contribution in [-0.4, -0.2) is 10.2 Å². The van der Waals surface area contributed by atoms with E-state index in [1.165, 1.54) is 11.1 Å². The first-order valence-electron chi connectivity index (χ1n) is 7.02. The molecule has 5 heteroatoms. The van der Waals surface area contributed by atoms with E-state index in [1.54, 1.807) is 6.07 Å². The maximum absolute atomic E-state index is 6.13. The van der Waals surface area contributed by atoms with Gasteiger partial charge in [-0.3, -0.25) is 0 Å². The number of halogens is 1. The topological polar surface area (TPSA) is 51.0 Å². The van der Waals surface area contributed by atoms with Gasteiger partial charge < -0.3 is 9.73 Å². The van der Waals surface area contributed by atoms with Crippen molar-refractivity contribution in [3.05, 3.63) is 64.5 Å². The van der Waals surface area contributed by atoms with Crippen LogP contribution in [0.5, 0.6) is 0 Å². The first kappa shape index (κ1) is 14.6. The van der Waals surface area contributed by atoms with E-state index >= 15 is 0 Å². The molecule has 0 fully saturated rings. The molecule has 3 aromatic rings. The molecule has 3 rings (SSSR count). The predicted octanol–water partition coefficient (Wildman–Crippen LogP) is 4.62. The second-order valence-corrected chi connectivity index (χ2v) is 5.54. The predicted molar refractivity (Wildman–Crippen MR) is 88.0 cm³/mol. The Hall–Kier alpha value is -2.33. The van der Waals surface area contributed by atoms with Crippen LogP contribution in [0.3, 0.4) is 0 Å². The maximum Gasteiger partial charge on any atom is 0.249 e. The van der Waals surface area contributed by atoms with Gasteiger partial charge in [0.05, 0.1) is 17.1 Å². The molecule has 0 bridgehead atoms. The van der Waals surface area contributed by atoms with Gasteiger partial charge in [0.15, 0.2) is 0 Å². The lowest BCUT2D eigenvalue weighted by atomic mass is 10.1. The summed E-state index contributed by atoms with van der Waals surface area (Å²) in [6.45, 7) is 4.65. The zero-order valence-electron chi connectivity index (χ0n) is 12.4. The third kappa shape index (κ3) is 3.12. The summed E-state index contributed by atoms with van der Waals surface area (Å²) < 4.78 is 5.66. The van der Waals surface area contributed by atoms with Crippen LogP contribution < -0.4 is 5.32 Å². The third-order valence-electron chi connectivity index (χ3n) is 3.52. The number of hydrogen-bond acceptors (Lipinski definition) is 4. The maximum atomic E-state index is 6.13. The summed E-state index contributed by atoms with van der Waals surface area (Å²) in [4.78, 5) is 0. The minimum Gasteiger partial charge on any atom is -0.419 e. The van der Waals surface area contributed by atoms with Gasteiger partial charge in [-0.2, -0.15) is 0 Å². The van der Waals surface area contributed by atoms with Crippen LogP contribution in [0, 0.1) is 13.8 Å². The molecule has 0 amide bonds. The molecule has 112 valence electrons. The zero-order chi connectivity index (χ0) is 15.5. The standard InChI is InChI=1S/C17H16ClN3O/c1-11-7-8-13(9-12(11)2)19-10-16-20-21-17(22-16)14-5-3-4-6-15(14)18/h3-9,19H,10H2,1-2H3. The molecule has 0 atom stereocenters. The van der Waals surface area contributed by atoms with Crippen molar-refractivity contribution in [2.24, 2.45) is 0 Å². The Morgan fingerprint density at radius 3 is 2.64 bits per heavy atom. The smallest absolute Gasteiger partial charge is 0.249 e. The number of aromatic nitrogens is 2. The Bertz CT molecular complexity index is 798. The molecule has 0 aliphatic rings. The first-order valence-corrected chi connectivity index (χ1v) is 7.39. The summed E-state index contributed by atoms with van der Waals surface area (Å²) in [7, 11) is 0. The van der Waals surface area contributed by atoms with Gasteiger partial charge in [-0.1, -0.05) is 29.8 Å². The summed E-state index contributed by atoms with van der Waals surface area (Å²) in [5.41, 5.74) is 4.28. The van der Waals surface area contributed by atoms with Gasteiger partial charge >= 0.3 is 0 Å². The summed E-state index contributed by atoms with van der Waals surface area (Å²) in [6.07, 6.45) is 0. The van der Waals surface area contributed by atoms with E-state index in [0.29, 0.717) is 23.3 Å². The normalized spacial score (nSPS) is 10.7. The summed E-state index contributed by atoms with van der Waals surface area (Å²) in [6, 6.07) is 13.6. The lowest BCUT2D eigenvalue weighted by Gasteiger charge is -2.06. The molecular weight excluding hydrogens is 298 g/mol. The Kier molecular flexibility index (Phi) is 4.11. The highest BCUT2D eigenvalue weighted by molar-refractivity contribution is 6.33. The van der Waals surface area contributed by atoms with E-state index in [1.807, 2.05) is 24.3 Å². The Morgan fingerprint density at radius 2 is 1.86 bits per heavy atom. The van der Waals surface area contributed by atoms with Gasteiger partial charge in [0.2, 0.25) is 11.8 Å². The molecule has 22 heavy (non-hydrogen) atoms. The second-order valence-electron chi connectivity index (χ2n) is 5.13. The van der Waals surface area contributed by atoms with Crippen molar-refractivity contribution in [3.8, 4) is 11.5 Å². The molecule has 0 saturated carbocycles. The highest BCUT2D eigenvalue weighted by Gasteiger charge is 2.11. The zero-order valence-corrected chi connectivity index (χ0v) is 13.2. The van der Waals surface area contributed by atoms with Crippen molar-refractivity contribution >= 4 is 17.3 Å². The fraction of sp³-hybridized carbons (Fsp3) is 0.176. The number of nitrogens with zero attached hydrogens (tertiary/aromatic N) is 2. The van der Waals surface area contributed by atoms with Crippen LogP contribution in [0.25, 0.3) is 11.5 Å². The minimum atomic E-state index is 0.433. The van der Waals surface area contributed by atoms with Crippen molar-refractivity contribution in [2.75, 3.05) is 5.32 Å². The monoisotopic (exact) mass is 313 g/mol. The van der Waals surface area contributed by atoms with E-state index in [-0.39, 0.29) is 0 Å². The molecule has 0 saturated heterocycles. The largest absolute Gasteiger partial charge is 0.419 e. The lowest BCUT2D eigenvalue weighted by molar-refractivity contribution is 0.515. The highest BCUT2D eigenvalue weighted by Crippen LogP contribution is 2.26. The van der Waals surface area contributed by atoms with E-state index < -0.39 is 0 Å². The molecule has 0 radical (unpaired) electrons. The lowest BCUT2D eigenvalue weighted by Crippen LogP contribution is -2.00. The molecule has 0 unspecified atom stereocenters.